The molecule has 5 nitrogen and oxygen atoms in total. The normalized spacial score (nSPS) is 11.4. The Balaban J connectivity index is 2.09. The molecule has 0 fully saturated rings. The number of nitrogens with one attached hydrogen (secondary N) is 2. The zero-order valence-corrected chi connectivity index (χ0v) is 13.1. The molecule has 0 aliphatic rings. The highest BCUT2D eigenvalue weighted by Gasteiger charge is 2.20. The van der Waals surface area contributed by atoms with Crippen LogP contribution in [-0.2, 0) is 9.59 Å². The number of amides is 2. The summed E-state index contributed by atoms with van der Waals surface area (Å²) in [6.45, 7) is 1.24. The van der Waals surface area contributed by atoms with Gasteiger partial charge in [0.25, 0.3) is 5.91 Å². The largest absolute Gasteiger partial charge is 0.324 e. The van der Waals surface area contributed by atoms with E-state index in [4.69, 9.17) is 11.6 Å². The Bertz CT molecular complexity index is 732. The van der Waals surface area contributed by atoms with Gasteiger partial charge in [-0.1, -0.05) is 24.3 Å². The number of alkyl halides is 1. The van der Waals surface area contributed by atoms with E-state index in [2.05, 4.69) is 10.6 Å². The van der Waals surface area contributed by atoms with Crippen molar-refractivity contribution in [1.82, 2.24) is 0 Å². The number of benzene rings is 2. The van der Waals surface area contributed by atoms with E-state index in [9.17, 15) is 14.4 Å². The van der Waals surface area contributed by atoms with Crippen molar-refractivity contribution in [3.8, 4) is 0 Å². The molecule has 0 aliphatic heterocycles. The van der Waals surface area contributed by atoms with Gasteiger partial charge in [-0.15, -0.1) is 11.6 Å². The van der Waals surface area contributed by atoms with Gasteiger partial charge in [0.05, 0.1) is 0 Å². The van der Waals surface area contributed by atoms with Crippen LogP contribution in [0.15, 0.2) is 54.6 Å². The van der Waals surface area contributed by atoms with Crippen molar-refractivity contribution in [1.29, 1.82) is 0 Å². The second kappa shape index (κ2) is 7.56. The molecule has 0 aromatic heterocycles. The van der Waals surface area contributed by atoms with Crippen LogP contribution in [0.3, 0.4) is 0 Å². The predicted molar refractivity (Wildman–Crippen MR) is 89.8 cm³/mol. The van der Waals surface area contributed by atoms with Gasteiger partial charge in [0, 0.05) is 16.9 Å². The lowest BCUT2D eigenvalue weighted by molar-refractivity contribution is -0.123. The summed E-state index contributed by atoms with van der Waals surface area (Å²) in [5.74, 6) is -1.37. The van der Waals surface area contributed by atoms with Crippen molar-refractivity contribution < 1.29 is 14.4 Å². The molecule has 118 valence electrons. The second-order valence-corrected chi connectivity index (χ2v) is 5.30. The fraction of sp³-hybridized carbons (Fsp3) is 0.118. The number of carbonyl (C=O) groups is 3. The van der Waals surface area contributed by atoms with Crippen molar-refractivity contribution in [3.63, 3.8) is 0 Å². The average Bonchev–Trinajstić information content (AvgIpc) is 2.55. The minimum absolute atomic E-state index is 0.304. The molecule has 2 rings (SSSR count). The van der Waals surface area contributed by atoms with E-state index in [0.29, 0.717) is 16.9 Å². The van der Waals surface area contributed by atoms with Crippen LogP contribution < -0.4 is 10.6 Å². The summed E-state index contributed by atoms with van der Waals surface area (Å²) in [4.78, 5) is 35.0. The first-order valence-corrected chi connectivity index (χ1v) is 7.33. The van der Waals surface area contributed by atoms with Gasteiger partial charge >= 0.3 is 0 Å². The van der Waals surface area contributed by atoms with Gasteiger partial charge < -0.3 is 10.6 Å². The third-order valence-electron chi connectivity index (χ3n) is 3.01. The molecule has 1 unspecified atom stereocenters. The van der Waals surface area contributed by atoms with Crippen molar-refractivity contribution in [3.05, 3.63) is 60.2 Å². The van der Waals surface area contributed by atoms with E-state index in [0.717, 1.165) is 0 Å². The van der Waals surface area contributed by atoms with E-state index < -0.39 is 17.1 Å². The van der Waals surface area contributed by atoms with Crippen molar-refractivity contribution in [2.45, 2.75) is 12.3 Å². The van der Waals surface area contributed by atoms with E-state index in [1.807, 2.05) is 18.2 Å². The molecule has 0 bridgehead atoms. The summed E-state index contributed by atoms with van der Waals surface area (Å²) in [7, 11) is 0. The van der Waals surface area contributed by atoms with Gasteiger partial charge in [0.15, 0.2) is 11.2 Å². The van der Waals surface area contributed by atoms with Gasteiger partial charge in [0.2, 0.25) is 5.91 Å². The maximum Gasteiger partial charge on any atom is 0.255 e. The number of hydrogen-bond donors (Lipinski definition) is 2. The SMILES string of the molecule is CC(=O)C(Cl)C(=O)Nc1cccc(C(=O)Nc2ccccc2)c1. The van der Waals surface area contributed by atoms with E-state index in [-0.39, 0.29) is 5.91 Å². The standard InChI is InChI=1S/C17H15ClN2O3/c1-11(21)15(18)17(23)20-14-9-5-6-12(10-14)16(22)19-13-7-3-2-4-8-13/h2-10,15H,1H3,(H,19,22)(H,20,23). The predicted octanol–water partition coefficient (Wildman–Crippen LogP) is 3.07. The van der Waals surface area contributed by atoms with Crippen molar-refractivity contribution >= 4 is 40.6 Å². The van der Waals surface area contributed by atoms with Crippen molar-refractivity contribution in [2.24, 2.45) is 0 Å². The Hall–Kier alpha value is -2.66. The fourth-order valence-electron chi connectivity index (χ4n) is 1.85. The Labute approximate surface area is 138 Å². The number of rotatable bonds is 5. The number of anilines is 2. The first-order chi connectivity index (χ1) is 11.0. The summed E-state index contributed by atoms with van der Waals surface area (Å²) >= 11 is 5.68. The number of halogens is 1. The zero-order chi connectivity index (χ0) is 16.8. The lowest BCUT2D eigenvalue weighted by Crippen LogP contribution is -2.28. The van der Waals surface area contributed by atoms with Gasteiger partial charge in [-0.3, -0.25) is 14.4 Å². The molecule has 0 aliphatic carbocycles. The first-order valence-electron chi connectivity index (χ1n) is 6.89. The number of Topliss-reactive ketones (excluding diaryl/α,β-unsaturated/α-hetero) is 1. The molecule has 0 spiro atoms. The minimum Gasteiger partial charge on any atom is -0.324 e. The van der Waals surface area contributed by atoms with Crippen LogP contribution in [0.5, 0.6) is 0 Å². The smallest absolute Gasteiger partial charge is 0.255 e. The van der Waals surface area contributed by atoms with Gasteiger partial charge in [-0.25, -0.2) is 0 Å². The highest BCUT2D eigenvalue weighted by atomic mass is 35.5. The van der Waals surface area contributed by atoms with Crippen LogP contribution >= 0.6 is 11.6 Å². The topological polar surface area (TPSA) is 75.3 Å². The summed E-state index contributed by atoms with van der Waals surface area (Å²) in [6.07, 6.45) is 0. The highest BCUT2D eigenvalue weighted by molar-refractivity contribution is 6.43. The maximum atomic E-state index is 12.2. The fourth-order valence-corrected chi connectivity index (χ4v) is 1.91. The number of para-hydroxylation sites is 1. The van der Waals surface area contributed by atoms with E-state index in [1.54, 1.807) is 30.3 Å². The number of hydrogen-bond acceptors (Lipinski definition) is 3. The summed E-state index contributed by atoms with van der Waals surface area (Å²) in [6, 6.07) is 15.4. The Morgan fingerprint density at radius 1 is 0.913 bits per heavy atom. The molecule has 2 aromatic carbocycles. The van der Waals surface area contributed by atoms with Crippen LogP contribution in [0.1, 0.15) is 17.3 Å². The van der Waals surface area contributed by atoms with Gasteiger partial charge in [0.1, 0.15) is 0 Å². The molecule has 0 radical (unpaired) electrons. The van der Waals surface area contributed by atoms with Crippen LogP contribution in [0.2, 0.25) is 0 Å². The second-order valence-electron chi connectivity index (χ2n) is 4.86. The first kappa shape index (κ1) is 16.7. The van der Waals surface area contributed by atoms with Crippen LogP contribution in [0.25, 0.3) is 0 Å². The lowest BCUT2D eigenvalue weighted by atomic mass is 10.1. The molecule has 1 atom stereocenters. The molecule has 2 aromatic rings. The van der Waals surface area contributed by atoms with E-state index >= 15 is 0 Å². The van der Waals surface area contributed by atoms with Crippen LogP contribution in [0, 0.1) is 0 Å². The Morgan fingerprint density at radius 2 is 1.57 bits per heavy atom. The monoisotopic (exact) mass is 330 g/mol. The molecule has 2 amide bonds. The Morgan fingerprint density at radius 3 is 2.22 bits per heavy atom. The maximum absolute atomic E-state index is 12.2. The van der Waals surface area contributed by atoms with Gasteiger partial charge in [-0.2, -0.15) is 0 Å². The minimum atomic E-state index is -1.25. The molecule has 6 heteroatoms. The molecular formula is C17H15ClN2O3. The average molecular weight is 331 g/mol. The Kier molecular flexibility index (Phi) is 5.49. The zero-order valence-electron chi connectivity index (χ0n) is 12.4. The molecule has 0 saturated carbocycles. The molecular weight excluding hydrogens is 316 g/mol. The molecule has 2 N–H and O–H groups in total. The third kappa shape index (κ3) is 4.66. The summed E-state index contributed by atoms with van der Waals surface area (Å²) in [5.41, 5.74) is 1.44. The van der Waals surface area contributed by atoms with E-state index in [1.165, 1.54) is 13.0 Å². The summed E-state index contributed by atoms with van der Waals surface area (Å²) in [5, 5.41) is 4.01. The third-order valence-corrected chi connectivity index (χ3v) is 3.52. The lowest BCUT2D eigenvalue weighted by Gasteiger charge is -2.10. The molecule has 0 saturated heterocycles. The van der Waals surface area contributed by atoms with Gasteiger partial charge in [-0.05, 0) is 37.3 Å². The van der Waals surface area contributed by atoms with Crippen LogP contribution in [-0.4, -0.2) is 23.0 Å². The van der Waals surface area contributed by atoms with Crippen molar-refractivity contribution in [2.75, 3.05) is 10.6 Å². The number of ketones is 1. The highest BCUT2D eigenvalue weighted by Crippen LogP contribution is 2.14. The summed E-state index contributed by atoms with van der Waals surface area (Å²) < 4.78 is 0. The quantitative estimate of drug-likeness (QED) is 0.653. The molecule has 23 heavy (non-hydrogen) atoms. The van der Waals surface area contributed by atoms with Crippen LogP contribution in [0.4, 0.5) is 11.4 Å². The molecule has 0 heterocycles. The number of carbonyl (C=O) groups excluding carboxylic acids is 3.